The monoisotopic (exact) mass is 225 g/mol. The van der Waals surface area contributed by atoms with E-state index in [1.807, 2.05) is 0 Å². The molecule has 78 valence electrons. The summed E-state index contributed by atoms with van der Waals surface area (Å²) in [6.07, 6.45) is -0.0639. The average molecular weight is 226 g/mol. The lowest BCUT2D eigenvalue weighted by molar-refractivity contribution is -0.136. The molecule has 2 aromatic rings. The van der Waals surface area contributed by atoms with Crippen molar-refractivity contribution < 1.29 is 14.3 Å². The average Bonchev–Trinajstić information content (AvgIpc) is 2.61. The van der Waals surface area contributed by atoms with Gasteiger partial charge in [0.25, 0.3) is 0 Å². The maximum absolute atomic E-state index is 10.6. The maximum atomic E-state index is 10.6. The van der Waals surface area contributed by atoms with E-state index in [0.717, 1.165) is 0 Å². The first-order chi connectivity index (χ1) is 7.20. The van der Waals surface area contributed by atoms with Gasteiger partial charge in [0.05, 0.1) is 12.3 Å². The van der Waals surface area contributed by atoms with Gasteiger partial charge < -0.3 is 9.52 Å². The molecule has 0 atom stereocenters. The molecule has 1 N–H and O–H groups in total. The lowest BCUT2D eigenvalue weighted by atomic mass is 10.1. The van der Waals surface area contributed by atoms with E-state index in [2.05, 4.69) is 4.98 Å². The second-order valence-electron chi connectivity index (χ2n) is 3.08. The van der Waals surface area contributed by atoms with Crippen LogP contribution in [-0.4, -0.2) is 16.1 Å². The third-order valence-corrected chi connectivity index (χ3v) is 2.23. The summed E-state index contributed by atoms with van der Waals surface area (Å²) >= 11 is 5.58. The van der Waals surface area contributed by atoms with Crippen molar-refractivity contribution in [3.8, 4) is 0 Å². The van der Waals surface area contributed by atoms with Gasteiger partial charge in [0.15, 0.2) is 5.58 Å². The second kappa shape index (κ2) is 3.90. The van der Waals surface area contributed by atoms with Crippen LogP contribution >= 0.6 is 11.6 Å². The van der Waals surface area contributed by atoms with E-state index >= 15 is 0 Å². The fourth-order valence-corrected chi connectivity index (χ4v) is 1.53. The zero-order valence-electron chi connectivity index (χ0n) is 7.74. The van der Waals surface area contributed by atoms with Gasteiger partial charge in [-0.3, -0.25) is 4.79 Å². The first-order valence-electron chi connectivity index (χ1n) is 4.36. The minimum Gasteiger partial charge on any atom is -0.481 e. The van der Waals surface area contributed by atoms with Crippen LogP contribution in [0.25, 0.3) is 11.1 Å². The number of oxazole rings is 1. The number of carboxylic acids is 1. The Balaban J connectivity index is 2.54. The number of benzene rings is 1. The fourth-order valence-electron chi connectivity index (χ4n) is 1.41. The van der Waals surface area contributed by atoms with E-state index in [9.17, 15) is 4.79 Å². The van der Waals surface area contributed by atoms with Gasteiger partial charge in [-0.05, 0) is 11.6 Å². The third-order valence-electron chi connectivity index (χ3n) is 2.00. The number of nitrogens with zero attached hydrogens (tertiary/aromatic N) is 1. The number of hydrogen-bond donors (Lipinski definition) is 1. The third kappa shape index (κ3) is 1.94. The van der Waals surface area contributed by atoms with Gasteiger partial charge in [-0.15, -0.1) is 11.6 Å². The molecule has 1 heterocycles. The maximum Gasteiger partial charge on any atom is 0.307 e. The van der Waals surface area contributed by atoms with Crippen LogP contribution < -0.4 is 0 Å². The molecule has 2 rings (SSSR count). The lowest BCUT2D eigenvalue weighted by Gasteiger charge is -1.95. The van der Waals surface area contributed by atoms with Crippen LogP contribution in [0.5, 0.6) is 0 Å². The van der Waals surface area contributed by atoms with Crippen molar-refractivity contribution in [2.45, 2.75) is 12.3 Å². The zero-order chi connectivity index (χ0) is 10.8. The van der Waals surface area contributed by atoms with E-state index in [1.54, 1.807) is 18.2 Å². The number of hydrogen-bond acceptors (Lipinski definition) is 3. The molecule has 0 amide bonds. The number of rotatable bonds is 3. The fraction of sp³-hybridized carbons (Fsp3) is 0.200. The second-order valence-corrected chi connectivity index (χ2v) is 3.34. The number of para-hydroxylation sites is 1. The summed E-state index contributed by atoms with van der Waals surface area (Å²) in [5.41, 5.74) is 1.79. The molecule has 0 saturated carbocycles. The molecule has 0 unspecified atom stereocenters. The van der Waals surface area contributed by atoms with Gasteiger partial charge in [-0.25, -0.2) is 4.98 Å². The molecular weight excluding hydrogens is 218 g/mol. The predicted octanol–water partition coefficient (Wildman–Crippen LogP) is 2.19. The molecule has 0 saturated heterocycles. The number of halogens is 1. The summed E-state index contributed by atoms with van der Waals surface area (Å²) in [4.78, 5) is 14.7. The Kier molecular flexibility index (Phi) is 2.60. The highest BCUT2D eigenvalue weighted by Crippen LogP contribution is 2.20. The summed E-state index contributed by atoms with van der Waals surface area (Å²) in [5, 5.41) is 8.71. The van der Waals surface area contributed by atoms with Gasteiger partial charge in [-0.1, -0.05) is 12.1 Å². The molecule has 15 heavy (non-hydrogen) atoms. The molecule has 4 nitrogen and oxygen atoms in total. The molecule has 0 spiro atoms. The summed E-state index contributed by atoms with van der Waals surface area (Å²) < 4.78 is 5.30. The normalized spacial score (nSPS) is 10.7. The largest absolute Gasteiger partial charge is 0.481 e. The highest BCUT2D eigenvalue weighted by atomic mass is 35.5. The minimum absolute atomic E-state index is 0.0639. The Bertz CT molecular complexity index is 506. The molecule has 1 aromatic heterocycles. The smallest absolute Gasteiger partial charge is 0.307 e. The minimum atomic E-state index is -0.891. The quantitative estimate of drug-likeness (QED) is 0.814. The number of fused-ring (bicyclic) bond motifs is 1. The summed E-state index contributed by atoms with van der Waals surface area (Å²) in [6.45, 7) is 0. The SMILES string of the molecule is O=C(O)Cc1cccc2oc(CCl)nc12. The summed E-state index contributed by atoms with van der Waals surface area (Å²) in [7, 11) is 0. The Hall–Kier alpha value is -1.55. The van der Waals surface area contributed by atoms with Crippen LogP contribution in [0.4, 0.5) is 0 Å². The topological polar surface area (TPSA) is 63.3 Å². The van der Waals surface area contributed by atoms with E-state index in [0.29, 0.717) is 22.6 Å². The first kappa shape index (κ1) is 9.98. The number of aliphatic carboxylic acids is 1. The van der Waals surface area contributed by atoms with Gasteiger partial charge in [0.2, 0.25) is 5.89 Å². The van der Waals surface area contributed by atoms with Crippen LogP contribution in [-0.2, 0) is 17.1 Å². The molecule has 0 aliphatic rings. The Labute approximate surface area is 90.5 Å². The van der Waals surface area contributed by atoms with Crippen molar-refractivity contribution in [3.05, 3.63) is 29.7 Å². The van der Waals surface area contributed by atoms with E-state index in [-0.39, 0.29) is 12.3 Å². The standard InChI is InChI=1S/C10H8ClNO3/c11-5-8-12-10-6(4-9(13)14)2-1-3-7(10)15-8/h1-3H,4-5H2,(H,13,14). The van der Waals surface area contributed by atoms with Crippen molar-refractivity contribution in [2.75, 3.05) is 0 Å². The molecule has 0 aliphatic carbocycles. The van der Waals surface area contributed by atoms with Crippen LogP contribution in [0.15, 0.2) is 22.6 Å². The van der Waals surface area contributed by atoms with Crippen molar-refractivity contribution >= 4 is 28.7 Å². The molecule has 0 bridgehead atoms. The molecule has 5 heteroatoms. The van der Waals surface area contributed by atoms with Gasteiger partial charge in [0, 0.05) is 0 Å². The van der Waals surface area contributed by atoms with Crippen LogP contribution in [0, 0.1) is 0 Å². The highest BCUT2D eigenvalue weighted by Gasteiger charge is 2.10. The van der Waals surface area contributed by atoms with Gasteiger partial charge in [-0.2, -0.15) is 0 Å². The molecule has 0 fully saturated rings. The number of carboxylic acid groups (broad SMARTS) is 1. The highest BCUT2D eigenvalue weighted by molar-refractivity contribution is 6.16. The molecule has 1 aromatic carbocycles. The zero-order valence-corrected chi connectivity index (χ0v) is 8.49. The van der Waals surface area contributed by atoms with Crippen molar-refractivity contribution in [3.63, 3.8) is 0 Å². The van der Waals surface area contributed by atoms with E-state index in [4.69, 9.17) is 21.1 Å². The van der Waals surface area contributed by atoms with Crippen molar-refractivity contribution in [2.24, 2.45) is 0 Å². The molecular formula is C10H8ClNO3. The predicted molar refractivity (Wildman–Crippen MR) is 54.9 cm³/mol. The Morgan fingerprint density at radius 3 is 3.00 bits per heavy atom. The van der Waals surface area contributed by atoms with E-state index < -0.39 is 5.97 Å². The van der Waals surface area contributed by atoms with Gasteiger partial charge in [0.1, 0.15) is 5.52 Å². The number of aromatic nitrogens is 1. The summed E-state index contributed by atoms with van der Waals surface area (Å²) in [5.74, 6) is -0.302. The first-order valence-corrected chi connectivity index (χ1v) is 4.89. The Morgan fingerprint density at radius 1 is 1.53 bits per heavy atom. The van der Waals surface area contributed by atoms with E-state index in [1.165, 1.54) is 0 Å². The molecule has 0 radical (unpaired) electrons. The van der Waals surface area contributed by atoms with Crippen LogP contribution in [0.2, 0.25) is 0 Å². The van der Waals surface area contributed by atoms with Gasteiger partial charge >= 0.3 is 5.97 Å². The van der Waals surface area contributed by atoms with Crippen molar-refractivity contribution in [1.29, 1.82) is 0 Å². The number of carbonyl (C=O) groups is 1. The number of alkyl halides is 1. The van der Waals surface area contributed by atoms with Crippen LogP contribution in [0.1, 0.15) is 11.5 Å². The lowest BCUT2D eigenvalue weighted by Crippen LogP contribution is -2.00. The van der Waals surface area contributed by atoms with Crippen molar-refractivity contribution in [1.82, 2.24) is 4.98 Å². The summed E-state index contributed by atoms with van der Waals surface area (Å²) in [6, 6.07) is 5.20. The van der Waals surface area contributed by atoms with Crippen LogP contribution in [0.3, 0.4) is 0 Å². The molecule has 0 aliphatic heterocycles. The Morgan fingerprint density at radius 2 is 2.33 bits per heavy atom.